The number of morpholine rings is 1. The Balaban J connectivity index is 1.41. The smallest absolute Gasteiger partial charge is 0.280 e. The number of benzene rings is 2. The van der Waals surface area contributed by atoms with Crippen molar-refractivity contribution in [2.24, 2.45) is 0 Å². The van der Waals surface area contributed by atoms with E-state index < -0.39 is 4.92 Å². The summed E-state index contributed by atoms with van der Waals surface area (Å²) in [6, 6.07) is 15.0. The van der Waals surface area contributed by atoms with Crippen LogP contribution in [0.15, 0.2) is 65.1 Å². The summed E-state index contributed by atoms with van der Waals surface area (Å²) in [6.07, 6.45) is 2.82. The van der Waals surface area contributed by atoms with Crippen LogP contribution in [0.3, 0.4) is 0 Å². The third-order valence-electron chi connectivity index (χ3n) is 4.96. The number of rotatable bonds is 6. The van der Waals surface area contributed by atoms with Crippen LogP contribution in [-0.2, 0) is 9.53 Å². The highest BCUT2D eigenvalue weighted by Crippen LogP contribution is 2.31. The number of carbonyl (C=O) groups excluding carboxylic acids is 1. The predicted molar refractivity (Wildman–Crippen MR) is 123 cm³/mol. The van der Waals surface area contributed by atoms with E-state index in [0.717, 1.165) is 18.8 Å². The summed E-state index contributed by atoms with van der Waals surface area (Å²) < 4.78 is 11.0. The number of nitrogens with zero attached hydrogens (tertiary/aromatic N) is 2. The lowest BCUT2D eigenvalue weighted by Crippen LogP contribution is -2.36. The first-order chi connectivity index (χ1) is 15.5. The number of amides is 1. The number of halogens is 1. The lowest BCUT2D eigenvalue weighted by molar-refractivity contribution is -0.384. The minimum atomic E-state index is -0.462. The van der Waals surface area contributed by atoms with Crippen molar-refractivity contribution < 1.29 is 18.9 Å². The Morgan fingerprint density at radius 3 is 2.66 bits per heavy atom. The maximum absolute atomic E-state index is 12.3. The number of para-hydroxylation sites is 1. The number of anilines is 2. The third kappa shape index (κ3) is 4.99. The van der Waals surface area contributed by atoms with E-state index in [-0.39, 0.29) is 11.6 Å². The van der Waals surface area contributed by atoms with E-state index in [9.17, 15) is 14.9 Å². The number of carbonyl (C=O) groups is 1. The zero-order valence-corrected chi connectivity index (χ0v) is 17.7. The van der Waals surface area contributed by atoms with Gasteiger partial charge in [0.1, 0.15) is 11.5 Å². The van der Waals surface area contributed by atoms with Gasteiger partial charge in [0, 0.05) is 30.9 Å². The summed E-state index contributed by atoms with van der Waals surface area (Å²) >= 11 is 6.40. The van der Waals surface area contributed by atoms with Crippen LogP contribution >= 0.6 is 11.6 Å². The van der Waals surface area contributed by atoms with Crippen molar-refractivity contribution >= 4 is 40.6 Å². The van der Waals surface area contributed by atoms with E-state index in [1.807, 2.05) is 6.07 Å². The van der Waals surface area contributed by atoms with E-state index >= 15 is 0 Å². The highest BCUT2D eigenvalue weighted by Gasteiger charge is 2.17. The fourth-order valence-corrected chi connectivity index (χ4v) is 3.72. The van der Waals surface area contributed by atoms with Gasteiger partial charge in [-0.1, -0.05) is 23.7 Å². The second-order valence-electron chi connectivity index (χ2n) is 7.06. The van der Waals surface area contributed by atoms with Crippen LogP contribution in [0.1, 0.15) is 5.76 Å². The van der Waals surface area contributed by atoms with Crippen molar-refractivity contribution in [1.82, 2.24) is 0 Å². The van der Waals surface area contributed by atoms with Crippen LogP contribution in [0.25, 0.3) is 17.4 Å². The molecule has 8 nitrogen and oxygen atoms in total. The number of furan rings is 1. The van der Waals surface area contributed by atoms with E-state index in [4.69, 9.17) is 20.8 Å². The summed E-state index contributed by atoms with van der Waals surface area (Å²) in [5, 5.41) is 14.5. The van der Waals surface area contributed by atoms with Gasteiger partial charge in [0.15, 0.2) is 0 Å². The van der Waals surface area contributed by atoms with Crippen LogP contribution in [0.2, 0.25) is 5.02 Å². The van der Waals surface area contributed by atoms with Crippen molar-refractivity contribution in [3.63, 3.8) is 0 Å². The van der Waals surface area contributed by atoms with Crippen molar-refractivity contribution in [2.45, 2.75) is 0 Å². The molecular formula is C23H20ClN3O5. The average Bonchev–Trinajstić information content (AvgIpc) is 3.27. The summed E-state index contributed by atoms with van der Waals surface area (Å²) in [4.78, 5) is 25.2. The highest BCUT2D eigenvalue weighted by molar-refractivity contribution is 6.33. The zero-order valence-electron chi connectivity index (χ0n) is 17.0. The second kappa shape index (κ2) is 9.67. The van der Waals surface area contributed by atoms with Crippen LogP contribution in [0.4, 0.5) is 17.1 Å². The molecule has 1 aromatic heterocycles. The normalized spacial score (nSPS) is 14.0. The Kier molecular flexibility index (Phi) is 6.53. The number of nitrogens with one attached hydrogen (secondary N) is 1. The summed E-state index contributed by atoms with van der Waals surface area (Å²) in [5.74, 6) is 0.390. The Morgan fingerprint density at radius 1 is 1.12 bits per heavy atom. The lowest BCUT2D eigenvalue weighted by Gasteiger charge is -2.29. The SMILES string of the molecule is O=C(/C=C/c1ccc(-c2ccccc2[N+](=O)[O-])o1)Nc1ccc(N2CCOCC2)c(Cl)c1. The van der Waals surface area contributed by atoms with Crippen LogP contribution in [-0.4, -0.2) is 37.1 Å². The molecule has 0 spiro atoms. The number of nitro benzene ring substituents is 1. The molecule has 0 radical (unpaired) electrons. The zero-order chi connectivity index (χ0) is 22.5. The van der Waals surface area contributed by atoms with Crippen molar-refractivity contribution in [1.29, 1.82) is 0 Å². The van der Waals surface area contributed by atoms with Gasteiger partial charge in [0.05, 0.1) is 34.4 Å². The molecule has 0 saturated carbocycles. The van der Waals surface area contributed by atoms with Gasteiger partial charge in [0.25, 0.3) is 5.69 Å². The van der Waals surface area contributed by atoms with Gasteiger partial charge in [-0.25, -0.2) is 0 Å². The standard InChI is InChI=1S/C23H20ClN3O5/c24-19-15-16(5-8-21(19)26-11-13-31-14-12-26)25-23(28)10-7-17-6-9-22(32-17)18-3-1-2-4-20(18)27(29)30/h1-10,15H,11-14H2,(H,25,28)/b10-7+. The first-order valence-electron chi connectivity index (χ1n) is 9.96. The van der Waals surface area contributed by atoms with Gasteiger partial charge in [0.2, 0.25) is 5.91 Å². The van der Waals surface area contributed by atoms with Crippen LogP contribution in [0, 0.1) is 10.1 Å². The van der Waals surface area contributed by atoms with Crippen molar-refractivity contribution in [2.75, 3.05) is 36.5 Å². The van der Waals surface area contributed by atoms with Crippen molar-refractivity contribution in [3.8, 4) is 11.3 Å². The third-order valence-corrected chi connectivity index (χ3v) is 5.26. The van der Waals surface area contributed by atoms with Gasteiger partial charge >= 0.3 is 0 Å². The molecule has 32 heavy (non-hydrogen) atoms. The summed E-state index contributed by atoms with van der Waals surface area (Å²) in [7, 11) is 0. The first-order valence-corrected chi connectivity index (χ1v) is 10.3. The van der Waals surface area contributed by atoms with E-state index in [1.54, 1.807) is 42.5 Å². The largest absolute Gasteiger partial charge is 0.456 e. The molecule has 0 aliphatic carbocycles. The molecule has 1 fully saturated rings. The molecule has 4 rings (SSSR count). The molecule has 9 heteroatoms. The lowest BCUT2D eigenvalue weighted by atomic mass is 10.1. The average molecular weight is 454 g/mol. The first kappa shape index (κ1) is 21.6. The maximum Gasteiger partial charge on any atom is 0.280 e. The molecule has 1 amide bonds. The van der Waals surface area contributed by atoms with E-state index in [2.05, 4.69) is 10.2 Å². The fourth-order valence-electron chi connectivity index (χ4n) is 3.42. The molecule has 1 aliphatic heterocycles. The molecule has 164 valence electrons. The van der Waals surface area contributed by atoms with Gasteiger partial charge in [-0.15, -0.1) is 0 Å². The molecule has 1 saturated heterocycles. The number of nitro groups is 1. The molecule has 2 heterocycles. The molecule has 0 bridgehead atoms. The van der Waals surface area contributed by atoms with Gasteiger partial charge < -0.3 is 19.4 Å². The second-order valence-corrected chi connectivity index (χ2v) is 7.47. The molecule has 1 aliphatic rings. The maximum atomic E-state index is 12.3. The Labute approximate surface area is 189 Å². The fraction of sp³-hybridized carbons (Fsp3) is 0.174. The topological polar surface area (TPSA) is 97.8 Å². The number of ether oxygens (including phenoxy) is 1. The number of hydrogen-bond donors (Lipinski definition) is 1. The van der Waals surface area contributed by atoms with E-state index in [1.165, 1.54) is 18.2 Å². The Bertz CT molecular complexity index is 1170. The molecular weight excluding hydrogens is 434 g/mol. The molecule has 3 aromatic rings. The highest BCUT2D eigenvalue weighted by atomic mass is 35.5. The summed E-state index contributed by atoms with van der Waals surface area (Å²) in [6.45, 7) is 2.86. The minimum Gasteiger partial charge on any atom is -0.456 e. The molecule has 0 atom stereocenters. The Hall–Kier alpha value is -3.62. The Morgan fingerprint density at radius 2 is 1.91 bits per heavy atom. The van der Waals surface area contributed by atoms with Gasteiger partial charge in [-0.3, -0.25) is 14.9 Å². The molecule has 1 N–H and O–H groups in total. The van der Waals surface area contributed by atoms with Crippen LogP contribution in [0.5, 0.6) is 0 Å². The molecule has 2 aromatic carbocycles. The monoisotopic (exact) mass is 453 g/mol. The van der Waals surface area contributed by atoms with Gasteiger partial charge in [-0.05, 0) is 42.5 Å². The number of hydrogen-bond acceptors (Lipinski definition) is 6. The predicted octanol–water partition coefficient (Wildman–Crippen LogP) is 5.00. The van der Waals surface area contributed by atoms with E-state index in [0.29, 0.717) is 41.0 Å². The quantitative estimate of drug-likeness (QED) is 0.320. The van der Waals surface area contributed by atoms with Crippen molar-refractivity contribution in [3.05, 3.63) is 81.6 Å². The minimum absolute atomic E-state index is 0.0486. The summed E-state index contributed by atoms with van der Waals surface area (Å²) in [5.41, 5.74) is 1.80. The van der Waals surface area contributed by atoms with Crippen LogP contribution < -0.4 is 10.2 Å². The van der Waals surface area contributed by atoms with Gasteiger partial charge in [-0.2, -0.15) is 0 Å². The molecule has 0 unspecified atom stereocenters.